The summed E-state index contributed by atoms with van der Waals surface area (Å²) in [4.78, 5) is 15.8. The van der Waals surface area contributed by atoms with Gasteiger partial charge in [0, 0.05) is 32.0 Å². The number of carbonyl (C=O) groups is 1. The average molecular weight is 412 g/mol. The Balaban J connectivity index is 0.00000261. The van der Waals surface area contributed by atoms with Gasteiger partial charge in [0.2, 0.25) is 10.0 Å². The summed E-state index contributed by atoms with van der Waals surface area (Å²) in [6.07, 6.45) is 3.36. The van der Waals surface area contributed by atoms with Gasteiger partial charge >= 0.3 is 5.97 Å². The molecule has 0 aliphatic carbocycles. The zero-order chi connectivity index (χ0) is 18.6. The second-order valence-electron chi connectivity index (χ2n) is 6.07. The van der Waals surface area contributed by atoms with Gasteiger partial charge in [0.15, 0.2) is 0 Å². The van der Waals surface area contributed by atoms with Crippen molar-refractivity contribution in [3.63, 3.8) is 0 Å². The van der Waals surface area contributed by atoms with Crippen molar-refractivity contribution in [2.24, 2.45) is 0 Å². The van der Waals surface area contributed by atoms with E-state index in [1.807, 2.05) is 6.07 Å². The van der Waals surface area contributed by atoms with Gasteiger partial charge in [0.25, 0.3) is 0 Å². The standard InChI is InChI=1S/C18H21N3O4S.ClH/c1-25-18(22)15-5-2-4-14(10-15)13-26(23,24)21-9-8-20-12-17(21)16-6-3-7-19-11-16;/h2-7,10-11,17,20H,8-9,12-13H2,1H3;1H. The fourth-order valence-corrected chi connectivity index (χ4v) is 4.80. The first kappa shape index (κ1) is 21.3. The molecule has 0 saturated carbocycles. The molecular formula is C18H22ClN3O4S. The van der Waals surface area contributed by atoms with Gasteiger partial charge in [-0.1, -0.05) is 18.2 Å². The number of nitrogens with zero attached hydrogens (tertiary/aromatic N) is 2. The molecule has 1 aromatic carbocycles. The van der Waals surface area contributed by atoms with E-state index in [1.165, 1.54) is 11.4 Å². The largest absolute Gasteiger partial charge is 0.465 e. The van der Waals surface area contributed by atoms with E-state index in [-0.39, 0.29) is 24.2 Å². The van der Waals surface area contributed by atoms with Gasteiger partial charge in [-0.05, 0) is 29.3 Å². The fraction of sp³-hybridized carbons (Fsp3) is 0.333. The number of rotatable bonds is 5. The summed E-state index contributed by atoms with van der Waals surface area (Å²) in [6, 6.07) is 9.90. The van der Waals surface area contributed by atoms with Crippen LogP contribution in [-0.2, 0) is 20.5 Å². The Morgan fingerprint density at radius 2 is 2.15 bits per heavy atom. The summed E-state index contributed by atoms with van der Waals surface area (Å²) >= 11 is 0. The number of hydrogen-bond donors (Lipinski definition) is 1. The zero-order valence-electron chi connectivity index (χ0n) is 14.9. The molecule has 1 aliphatic heterocycles. The highest BCUT2D eigenvalue weighted by atomic mass is 35.5. The minimum absolute atomic E-state index is 0. The first-order chi connectivity index (χ1) is 12.5. The molecule has 1 N–H and O–H groups in total. The molecule has 27 heavy (non-hydrogen) atoms. The highest BCUT2D eigenvalue weighted by Gasteiger charge is 2.33. The Kier molecular flexibility index (Phi) is 7.32. The van der Waals surface area contributed by atoms with Crippen molar-refractivity contribution in [3.8, 4) is 0 Å². The number of sulfonamides is 1. The summed E-state index contributed by atoms with van der Waals surface area (Å²) in [5.41, 5.74) is 1.74. The van der Waals surface area contributed by atoms with Gasteiger partial charge in [-0.25, -0.2) is 13.2 Å². The second kappa shape index (κ2) is 9.27. The lowest BCUT2D eigenvalue weighted by molar-refractivity contribution is 0.0600. The maximum Gasteiger partial charge on any atom is 0.337 e. The third kappa shape index (κ3) is 5.04. The normalized spacial score (nSPS) is 17.7. The summed E-state index contributed by atoms with van der Waals surface area (Å²) in [6.45, 7) is 1.52. The first-order valence-corrected chi connectivity index (χ1v) is 9.89. The van der Waals surface area contributed by atoms with Crippen molar-refractivity contribution < 1.29 is 17.9 Å². The molecule has 1 fully saturated rings. The van der Waals surface area contributed by atoms with Crippen molar-refractivity contribution in [3.05, 3.63) is 65.5 Å². The van der Waals surface area contributed by atoms with Crippen LogP contribution in [-0.4, -0.2) is 50.4 Å². The third-order valence-corrected chi connectivity index (χ3v) is 6.17. The molecule has 1 aliphatic rings. The average Bonchev–Trinajstić information content (AvgIpc) is 2.68. The lowest BCUT2D eigenvalue weighted by Gasteiger charge is -2.35. The summed E-state index contributed by atoms with van der Waals surface area (Å²) < 4.78 is 32.3. The maximum absolute atomic E-state index is 13.1. The smallest absolute Gasteiger partial charge is 0.337 e. The van der Waals surface area contributed by atoms with Gasteiger partial charge in [-0.15, -0.1) is 12.4 Å². The van der Waals surface area contributed by atoms with Crippen molar-refractivity contribution in [1.82, 2.24) is 14.6 Å². The number of esters is 1. The number of hydrogen-bond acceptors (Lipinski definition) is 6. The van der Waals surface area contributed by atoms with Crippen LogP contribution in [0.3, 0.4) is 0 Å². The molecule has 0 bridgehead atoms. The van der Waals surface area contributed by atoms with Crippen LogP contribution in [0.25, 0.3) is 0 Å². The minimum atomic E-state index is -3.57. The quantitative estimate of drug-likeness (QED) is 0.754. The Labute approximate surface area is 165 Å². The SMILES string of the molecule is COC(=O)c1cccc(CS(=O)(=O)N2CCNCC2c2cccnc2)c1.Cl. The molecule has 7 nitrogen and oxygen atoms in total. The van der Waals surface area contributed by atoms with Crippen molar-refractivity contribution >= 4 is 28.4 Å². The molecule has 146 valence electrons. The number of ether oxygens (including phenoxy) is 1. The molecule has 0 amide bonds. The van der Waals surface area contributed by atoms with Crippen LogP contribution in [0.5, 0.6) is 0 Å². The zero-order valence-corrected chi connectivity index (χ0v) is 16.5. The number of nitrogens with one attached hydrogen (secondary N) is 1. The number of pyridine rings is 1. The molecular weight excluding hydrogens is 390 g/mol. The predicted octanol–water partition coefficient (Wildman–Crippen LogP) is 1.77. The number of halogens is 1. The number of carbonyl (C=O) groups excluding carboxylic acids is 1. The molecule has 9 heteroatoms. The van der Waals surface area contributed by atoms with Crippen molar-refractivity contribution in [2.75, 3.05) is 26.7 Å². The van der Waals surface area contributed by atoms with E-state index < -0.39 is 16.0 Å². The number of piperazine rings is 1. The molecule has 1 unspecified atom stereocenters. The van der Waals surface area contributed by atoms with Crippen LogP contribution in [0.1, 0.15) is 27.5 Å². The Morgan fingerprint density at radius 1 is 1.33 bits per heavy atom. The number of methoxy groups -OCH3 is 1. The fourth-order valence-electron chi connectivity index (χ4n) is 3.08. The van der Waals surface area contributed by atoms with E-state index in [0.29, 0.717) is 30.8 Å². The van der Waals surface area contributed by atoms with E-state index in [1.54, 1.807) is 42.7 Å². The molecule has 2 aromatic rings. The Hall–Kier alpha value is -2.00. The van der Waals surface area contributed by atoms with E-state index in [0.717, 1.165) is 5.56 Å². The van der Waals surface area contributed by atoms with Gasteiger partial charge in [0.05, 0.1) is 24.5 Å². The molecule has 1 saturated heterocycles. The third-order valence-electron chi connectivity index (χ3n) is 4.32. The molecule has 0 radical (unpaired) electrons. The van der Waals surface area contributed by atoms with Gasteiger partial charge < -0.3 is 10.1 Å². The lowest BCUT2D eigenvalue weighted by Crippen LogP contribution is -2.48. The van der Waals surface area contributed by atoms with Gasteiger partial charge in [0.1, 0.15) is 0 Å². The van der Waals surface area contributed by atoms with E-state index >= 15 is 0 Å². The van der Waals surface area contributed by atoms with Gasteiger partial charge in [-0.2, -0.15) is 4.31 Å². The predicted molar refractivity (Wildman–Crippen MR) is 104 cm³/mol. The molecule has 0 spiro atoms. The monoisotopic (exact) mass is 411 g/mol. The number of benzene rings is 1. The van der Waals surface area contributed by atoms with Crippen molar-refractivity contribution in [2.45, 2.75) is 11.8 Å². The first-order valence-electron chi connectivity index (χ1n) is 8.28. The minimum Gasteiger partial charge on any atom is -0.465 e. The Morgan fingerprint density at radius 3 is 2.85 bits per heavy atom. The van der Waals surface area contributed by atoms with Crippen LogP contribution < -0.4 is 5.32 Å². The van der Waals surface area contributed by atoms with E-state index in [2.05, 4.69) is 10.3 Å². The Bertz CT molecular complexity index is 877. The van der Waals surface area contributed by atoms with Crippen LogP contribution >= 0.6 is 12.4 Å². The van der Waals surface area contributed by atoms with Crippen LogP contribution in [0.15, 0.2) is 48.8 Å². The van der Waals surface area contributed by atoms with Gasteiger partial charge in [-0.3, -0.25) is 4.98 Å². The second-order valence-corrected chi connectivity index (χ2v) is 7.99. The molecule has 2 heterocycles. The van der Waals surface area contributed by atoms with Crippen LogP contribution in [0, 0.1) is 0 Å². The van der Waals surface area contributed by atoms with Crippen LogP contribution in [0.2, 0.25) is 0 Å². The van der Waals surface area contributed by atoms with E-state index in [4.69, 9.17) is 4.74 Å². The summed E-state index contributed by atoms with van der Waals surface area (Å²) in [7, 11) is -2.27. The van der Waals surface area contributed by atoms with Crippen LogP contribution in [0.4, 0.5) is 0 Å². The number of aromatic nitrogens is 1. The lowest BCUT2D eigenvalue weighted by atomic mass is 10.1. The molecule has 3 rings (SSSR count). The highest BCUT2D eigenvalue weighted by molar-refractivity contribution is 7.88. The van der Waals surface area contributed by atoms with E-state index in [9.17, 15) is 13.2 Å². The van der Waals surface area contributed by atoms with Crippen molar-refractivity contribution in [1.29, 1.82) is 0 Å². The summed E-state index contributed by atoms with van der Waals surface area (Å²) in [5.74, 6) is -0.658. The maximum atomic E-state index is 13.1. The highest BCUT2D eigenvalue weighted by Crippen LogP contribution is 2.26. The summed E-state index contributed by atoms with van der Waals surface area (Å²) in [5, 5.41) is 3.24. The topological polar surface area (TPSA) is 88.6 Å². The molecule has 1 atom stereocenters. The molecule has 1 aromatic heterocycles.